The van der Waals surface area contributed by atoms with E-state index in [-0.39, 0.29) is 12.4 Å². The second-order valence-electron chi connectivity index (χ2n) is 3.66. The van der Waals surface area contributed by atoms with Crippen molar-refractivity contribution in [2.45, 2.75) is 0 Å². The normalized spacial score (nSPS) is 10.1. The summed E-state index contributed by atoms with van der Waals surface area (Å²) in [7, 11) is 1.65. The van der Waals surface area contributed by atoms with Gasteiger partial charge >= 0.3 is 0 Å². The van der Waals surface area contributed by atoms with Crippen molar-refractivity contribution in [1.82, 2.24) is 15.0 Å². The highest BCUT2D eigenvalue weighted by Gasteiger charge is 2.09. The average Bonchev–Trinajstić information content (AvgIpc) is 2.82. The molecule has 18 heavy (non-hydrogen) atoms. The number of nitrogens with one attached hydrogen (secondary N) is 1. The SMILES string of the molecule is COc1ccccc1-c1nc2ncccc2[nH]1.Cl. The lowest BCUT2D eigenvalue weighted by atomic mass is 10.2. The molecule has 2 heterocycles. The van der Waals surface area contributed by atoms with Crippen LogP contribution in [0, 0.1) is 0 Å². The maximum atomic E-state index is 5.32. The molecule has 0 unspecified atom stereocenters. The highest BCUT2D eigenvalue weighted by atomic mass is 35.5. The molecule has 0 saturated carbocycles. The minimum atomic E-state index is 0. The van der Waals surface area contributed by atoms with E-state index in [0.29, 0.717) is 5.65 Å². The minimum absolute atomic E-state index is 0. The Hall–Kier alpha value is -2.07. The number of methoxy groups -OCH3 is 1. The number of hydrogen-bond donors (Lipinski definition) is 1. The van der Waals surface area contributed by atoms with Crippen molar-refractivity contribution in [3.05, 3.63) is 42.6 Å². The Labute approximate surface area is 110 Å². The topological polar surface area (TPSA) is 50.8 Å². The molecular weight excluding hydrogens is 250 g/mol. The van der Waals surface area contributed by atoms with Gasteiger partial charge in [0.2, 0.25) is 0 Å². The number of benzene rings is 1. The third kappa shape index (κ3) is 2.02. The van der Waals surface area contributed by atoms with Crippen LogP contribution in [0.4, 0.5) is 0 Å². The Bertz CT molecular complexity index is 633. The van der Waals surface area contributed by atoms with Crippen LogP contribution in [0.3, 0.4) is 0 Å². The van der Waals surface area contributed by atoms with Gasteiger partial charge in [-0.1, -0.05) is 12.1 Å². The van der Waals surface area contributed by atoms with Crippen molar-refractivity contribution in [1.29, 1.82) is 0 Å². The van der Waals surface area contributed by atoms with Crippen LogP contribution in [-0.4, -0.2) is 22.1 Å². The van der Waals surface area contributed by atoms with Crippen LogP contribution in [0.25, 0.3) is 22.6 Å². The van der Waals surface area contributed by atoms with Gasteiger partial charge < -0.3 is 9.72 Å². The van der Waals surface area contributed by atoms with E-state index in [1.165, 1.54) is 0 Å². The van der Waals surface area contributed by atoms with Crippen molar-refractivity contribution in [3.63, 3.8) is 0 Å². The zero-order valence-electron chi connectivity index (χ0n) is 9.75. The summed E-state index contributed by atoms with van der Waals surface area (Å²) in [6.45, 7) is 0. The summed E-state index contributed by atoms with van der Waals surface area (Å²) in [5.74, 6) is 1.57. The molecule has 0 spiro atoms. The molecule has 5 heteroatoms. The number of ether oxygens (including phenoxy) is 1. The van der Waals surface area contributed by atoms with Crippen molar-refractivity contribution in [3.8, 4) is 17.1 Å². The Kier molecular flexibility index (Phi) is 3.48. The van der Waals surface area contributed by atoms with Gasteiger partial charge in [0.1, 0.15) is 11.6 Å². The Morgan fingerprint density at radius 1 is 1.11 bits per heavy atom. The second kappa shape index (κ2) is 5.06. The molecule has 3 aromatic rings. The van der Waals surface area contributed by atoms with E-state index in [9.17, 15) is 0 Å². The first-order chi connectivity index (χ1) is 8.38. The van der Waals surface area contributed by atoms with Gasteiger partial charge in [0.05, 0.1) is 18.2 Å². The number of halogens is 1. The van der Waals surface area contributed by atoms with E-state index in [1.807, 2.05) is 36.4 Å². The van der Waals surface area contributed by atoms with Gasteiger partial charge in [-0.15, -0.1) is 12.4 Å². The molecule has 0 saturated heterocycles. The predicted molar refractivity (Wildman–Crippen MR) is 73.1 cm³/mol. The second-order valence-corrected chi connectivity index (χ2v) is 3.66. The largest absolute Gasteiger partial charge is 0.496 e. The molecule has 0 bridgehead atoms. The number of pyridine rings is 1. The molecule has 3 rings (SSSR count). The number of imidazole rings is 1. The number of hydrogen-bond acceptors (Lipinski definition) is 3. The van der Waals surface area contributed by atoms with E-state index >= 15 is 0 Å². The summed E-state index contributed by atoms with van der Waals surface area (Å²) in [6.07, 6.45) is 1.73. The first kappa shape index (κ1) is 12.4. The fraction of sp³-hybridized carbons (Fsp3) is 0.0769. The molecule has 0 radical (unpaired) electrons. The van der Waals surface area contributed by atoms with Gasteiger partial charge in [0, 0.05) is 6.20 Å². The summed E-state index contributed by atoms with van der Waals surface area (Å²) in [6, 6.07) is 11.6. The van der Waals surface area contributed by atoms with Crippen molar-refractivity contribution in [2.24, 2.45) is 0 Å². The maximum absolute atomic E-state index is 5.32. The minimum Gasteiger partial charge on any atom is -0.496 e. The van der Waals surface area contributed by atoms with Crippen LogP contribution in [-0.2, 0) is 0 Å². The van der Waals surface area contributed by atoms with Crippen molar-refractivity contribution < 1.29 is 4.74 Å². The van der Waals surface area contributed by atoms with E-state index in [4.69, 9.17) is 4.74 Å². The molecule has 0 aliphatic rings. The lowest BCUT2D eigenvalue weighted by Gasteiger charge is -2.04. The fourth-order valence-corrected chi connectivity index (χ4v) is 1.81. The first-order valence-corrected chi connectivity index (χ1v) is 5.32. The monoisotopic (exact) mass is 261 g/mol. The summed E-state index contributed by atoms with van der Waals surface area (Å²) in [4.78, 5) is 11.9. The lowest BCUT2D eigenvalue weighted by molar-refractivity contribution is 0.416. The number of aromatic amines is 1. The van der Waals surface area contributed by atoms with Gasteiger partial charge in [0.25, 0.3) is 0 Å². The molecule has 2 aromatic heterocycles. The predicted octanol–water partition coefficient (Wildman–Crippen LogP) is 3.06. The standard InChI is InChI=1S/C13H11N3O.ClH/c1-17-11-7-3-2-5-9(11)12-15-10-6-4-8-14-13(10)16-12;/h2-8H,1H3,(H,14,15,16);1H. The number of H-pyrrole nitrogens is 1. The number of nitrogens with zero attached hydrogens (tertiary/aromatic N) is 2. The van der Waals surface area contributed by atoms with Crippen LogP contribution in [0.5, 0.6) is 5.75 Å². The average molecular weight is 262 g/mol. The Balaban J connectivity index is 0.00000120. The summed E-state index contributed by atoms with van der Waals surface area (Å²) in [5, 5.41) is 0. The highest BCUT2D eigenvalue weighted by molar-refractivity contribution is 5.85. The number of rotatable bonds is 2. The van der Waals surface area contributed by atoms with E-state index < -0.39 is 0 Å². The zero-order valence-corrected chi connectivity index (χ0v) is 10.6. The lowest BCUT2D eigenvalue weighted by Crippen LogP contribution is -1.88. The number of para-hydroxylation sites is 1. The van der Waals surface area contributed by atoms with Gasteiger partial charge in [-0.2, -0.15) is 0 Å². The van der Waals surface area contributed by atoms with Gasteiger partial charge in [-0.3, -0.25) is 0 Å². The van der Waals surface area contributed by atoms with Crippen LogP contribution in [0.2, 0.25) is 0 Å². The van der Waals surface area contributed by atoms with Crippen LogP contribution in [0.1, 0.15) is 0 Å². The van der Waals surface area contributed by atoms with E-state index in [0.717, 1.165) is 22.7 Å². The third-order valence-corrected chi connectivity index (χ3v) is 2.62. The van der Waals surface area contributed by atoms with E-state index in [1.54, 1.807) is 13.3 Å². The van der Waals surface area contributed by atoms with Gasteiger partial charge in [-0.05, 0) is 24.3 Å². The molecule has 0 aliphatic carbocycles. The fourth-order valence-electron chi connectivity index (χ4n) is 1.81. The Morgan fingerprint density at radius 2 is 1.94 bits per heavy atom. The van der Waals surface area contributed by atoms with Gasteiger partial charge in [-0.25, -0.2) is 9.97 Å². The summed E-state index contributed by atoms with van der Waals surface area (Å²) in [5.41, 5.74) is 2.58. The smallest absolute Gasteiger partial charge is 0.178 e. The van der Waals surface area contributed by atoms with Gasteiger partial charge in [0.15, 0.2) is 5.65 Å². The molecule has 4 nitrogen and oxygen atoms in total. The third-order valence-electron chi connectivity index (χ3n) is 2.62. The quantitative estimate of drug-likeness (QED) is 0.771. The molecule has 1 aromatic carbocycles. The number of fused-ring (bicyclic) bond motifs is 1. The van der Waals surface area contributed by atoms with Crippen LogP contribution < -0.4 is 4.74 Å². The van der Waals surface area contributed by atoms with Crippen molar-refractivity contribution in [2.75, 3.05) is 7.11 Å². The molecular formula is C13H12ClN3O. The number of aromatic nitrogens is 3. The first-order valence-electron chi connectivity index (χ1n) is 5.32. The molecule has 92 valence electrons. The molecule has 0 atom stereocenters. The highest BCUT2D eigenvalue weighted by Crippen LogP contribution is 2.28. The molecule has 0 aliphatic heterocycles. The molecule has 0 amide bonds. The van der Waals surface area contributed by atoms with E-state index in [2.05, 4.69) is 15.0 Å². The van der Waals surface area contributed by atoms with Crippen LogP contribution in [0.15, 0.2) is 42.6 Å². The zero-order chi connectivity index (χ0) is 11.7. The maximum Gasteiger partial charge on any atom is 0.178 e. The summed E-state index contributed by atoms with van der Waals surface area (Å²) >= 11 is 0. The molecule has 0 fully saturated rings. The molecule has 1 N–H and O–H groups in total. The summed E-state index contributed by atoms with van der Waals surface area (Å²) < 4.78 is 5.32. The van der Waals surface area contributed by atoms with Crippen molar-refractivity contribution >= 4 is 23.6 Å². The van der Waals surface area contributed by atoms with Crippen LogP contribution >= 0.6 is 12.4 Å². The Morgan fingerprint density at radius 3 is 2.72 bits per heavy atom.